The molecule has 6 rings (SSSR count). The van der Waals surface area contributed by atoms with Gasteiger partial charge in [-0.25, -0.2) is 4.99 Å². The largest absolute Gasteiger partial charge is 0.494 e. The number of fused-ring (bicyclic) bond motifs is 2. The summed E-state index contributed by atoms with van der Waals surface area (Å²) in [4.78, 5) is 12.4. The number of aromatic nitrogens is 4. The number of hydrazone groups is 1. The molecule has 3 aromatic carbocycles. The molecule has 0 fully saturated rings. The number of carbonyl (C=O) groups excluding carboxylic acids is 1. The van der Waals surface area contributed by atoms with Crippen molar-refractivity contribution in [3.05, 3.63) is 92.3 Å². The van der Waals surface area contributed by atoms with Gasteiger partial charge in [0.05, 0.1) is 41.7 Å². The van der Waals surface area contributed by atoms with Crippen molar-refractivity contribution < 1.29 is 14.3 Å². The van der Waals surface area contributed by atoms with Gasteiger partial charge in [0, 0.05) is 96.3 Å². The van der Waals surface area contributed by atoms with Crippen molar-refractivity contribution in [1.82, 2.24) is 29.2 Å². The quantitative estimate of drug-likeness (QED) is 0.0480. The van der Waals surface area contributed by atoms with E-state index in [0.717, 1.165) is 102 Å². The molecule has 3 heterocycles. The predicted molar refractivity (Wildman–Crippen MR) is 242 cm³/mol. The lowest BCUT2D eigenvalue weighted by molar-refractivity contribution is -0.0980. The number of halogens is 2. The second-order valence-electron chi connectivity index (χ2n) is 14.8. The Balaban J connectivity index is 0.00000315. The third kappa shape index (κ3) is 8.73. The first-order valence-corrected chi connectivity index (χ1v) is 20.1. The van der Waals surface area contributed by atoms with Crippen LogP contribution in [-0.2, 0) is 30.0 Å². The smallest absolute Gasteiger partial charge is 0.178 e. The molecule has 6 aromatic rings. The Kier molecular flexibility index (Phi) is 14.6. The minimum Gasteiger partial charge on any atom is -0.494 e. The van der Waals surface area contributed by atoms with E-state index in [1.807, 2.05) is 69.7 Å². The highest BCUT2D eigenvalue weighted by molar-refractivity contribution is 6.35. The van der Waals surface area contributed by atoms with Crippen molar-refractivity contribution in [3.8, 4) is 28.1 Å². The van der Waals surface area contributed by atoms with Crippen LogP contribution < -0.4 is 10.1 Å². The Morgan fingerprint density at radius 2 is 1.71 bits per heavy atom. The number of nitrogens with one attached hydrogen (secondary N) is 1. The average molecular weight is 828 g/mol. The summed E-state index contributed by atoms with van der Waals surface area (Å²) in [5, 5.41) is 18.6. The van der Waals surface area contributed by atoms with E-state index in [-0.39, 0.29) is 6.04 Å². The standard InChI is InChI=1S/C44H54Cl2N8O2.CH2O/c1-26-21-32(22-27(2)41(26)46)56-19-12-13-33-34-15-16-37(45)40(39-29(4)49-53(10)30(39)5)43(34)54(28(3)24-47-6)42(33)36-25-51(8)38-17-14-31(23-35(36)38)44(48-7)50-52(9)18-20-55-11;1-2/h14-17,21-23,25,28,47H,7,12-13,18-20,24H2,1-6,8-11H3;1H2/b50-44-;/t28-;/m1./s1. The highest BCUT2D eigenvalue weighted by atomic mass is 35.5. The lowest BCUT2D eigenvalue weighted by Crippen LogP contribution is -2.21. The van der Waals surface area contributed by atoms with Crippen LogP contribution in [0.3, 0.4) is 0 Å². The Hall–Kier alpha value is -4.94. The van der Waals surface area contributed by atoms with Gasteiger partial charge in [-0.1, -0.05) is 29.3 Å². The number of aryl methyl sites for hydroxylation is 6. The van der Waals surface area contributed by atoms with Crippen LogP contribution in [0.1, 0.15) is 53.0 Å². The van der Waals surface area contributed by atoms with Gasteiger partial charge in [0.2, 0.25) is 0 Å². The third-order valence-electron chi connectivity index (χ3n) is 10.7. The van der Waals surface area contributed by atoms with Crippen molar-refractivity contribution in [2.75, 3.05) is 47.5 Å². The molecule has 0 aliphatic carbocycles. The first kappa shape index (κ1) is 44.2. The topological polar surface area (TPSA) is 103 Å². The highest BCUT2D eigenvalue weighted by Crippen LogP contribution is 2.47. The Morgan fingerprint density at radius 3 is 2.33 bits per heavy atom. The molecule has 308 valence electrons. The summed E-state index contributed by atoms with van der Waals surface area (Å²) < 4.78 is 18.3. The van der Waals surface area contributed by atoms with E-state index in [4.69, 9.17) is 47.7 Å². The Morgan fingerprint density at radius 1 is 1.00 bits per heavy atom. The van der Waals surface area contributed by atoms with Gasteiger partial charge in [-0.3, -0.25) is 9.69 Å². The monoisotopic (exact) mass is 826 g/mol. The zero-order valence-electron chi connectivity index (χ0n) is 35.5. The van der Waals surface area contributed by atoms with Crippen molar-refractivity contribution in [3.63, 3.8) is 0 Å². The molecule has 1 atom stereocenters. The molecule has 58 heavy (non-hydrogen) atoms. The van der Waals surface area contributed by atoms with E-state index < -0.39 is 0 Å². The highest BCUT2D eigenvalue weighted by Gasteiger charge is 2.29. The van der Waals surface area contributed by atoms with E-state index in [1.165, 1.54) is 5.56 Å². The lowest BCUT2D eigenvalue weighted by atomic mass is 9.97. The molecule has 0 unspecified atom stereocenters. The van der Waals surface area contributed by atoms with Crippen LogP contribution in [0.5, 0.6) is 5.75 Å². The summed E-state index contributed by atoms with van der Waals surface area (Å²) in [6, 6.07) is 14.7. The van der Waals surface area contributed by atoms with E-state index in [0.29, 0.717) is 30.6 Å². The van der Waals surface area contributed by atoms with Crippen molar-refractivity contribution in [2.45, 2.75) is 53.5 Å². The van der Waals surface area contributed by atoms with Crippen LogP contribution >= 0.6 is 23.2 Å². The SMILES string of the molecule is C=N/C(=N\N(C)CCOC)c1ccc2c(c1)c(-c1c(CCCOc3cc(C)c(Cl)c(C)c3)c3ccc(Cl)c(-c4c(C)nn(C)c4C)c3n1[C@H](C)CNC)cn2C.C=O. The van der Waals surface area contributed by atoms with E-state index >= 15 is 0 Å². The normalized spacial score (nSPS) is 12.2. The molecule has 0 aliphatic heterocycles. The number of hydrogen-bond donors (Lipinski definition) is 1. The first-order chi connectivity index (χ1) is 27.8. The molecule has 0 aliphatic rings. The molecule has 13 heteroatoms. The number of amidine groups is 1. The molecule has 0 bridgehead atoms. The maximum Gasteiger partial charge on any atom is 0.178 e. The fraction of sp³-hybridized carbons (Fsp3) is 0.378. The van der Waals surface area contributed by atoms with Crippen LogP contribution in [0.2, 0.25) is 10.0 Å². The van der Waals surface area contributed by atoms with Crippen molar-refractivity contribution in [2.24, 2.45) is 24.2 Å². The van der Waals surface area contributed by atoms with Gasteiger partial charge >= 0.3 is 0 Å². The van der Waals surface area contributed by atoms with Gasteiger partial charge < -0.3 is 28.7 Å². The van der Waals surface area contributed by atoms with E-state index in [2.05, 4.69) is 84.4 Å². The molecular weight excluding hydrogens is 771 g/mol. The van der Waals surface area contributed by atoms with Gasteiger partial charge in [-0.05, 0) is 114 Å². The molecule has 0 amide bonds. The summed E-state index contributed by atoms with van der Waals surface area (Å²) in [6.07, 6.45) is 3.80. The van der Waals surface area contributed by atoms with Crippen LogP contribution in [0.4, 0.5) is 0 Å². The van der Waals surface area contributed by atoms with Crippen molar-refractivity contribution >= 4 is 64.3 Å². The van der Waals surface area contributed by atoms with Gasteiger partial charge in [-0.15, -0.1) is 0 Å². The van der Waals surface area contributed by atoms with Crippen LogP contribution in [-0.4, -0.2) is 90.8 Å². The fourth-order valence-electron chi connectivity index (χ4n) is 7.96. The van der Waals surface area contributed by atoms with Crippen LogP contribution in [0.15, 0.2) is 58.8 Å². The summed E-state index contributed by atoms with van der Waals surface area (Å²) >= 11 is 13.8. The van der Waals surface area contributed by atoms with E-state index in [9.17, 15) is 0 Å². The van der Waals surface area contributed by atoms with Gasteiger partial charge in [-0.2, -0.15) is 10.2 Å². The molecule has 0 saturated carbocycles. The number of rotatable bonds is 15. The molecular formula is C45H56Cl2N8O3. The average Bonchev–Trinajstić information content (AvgIpc) is 3.80. The number of benzene rings is 3. The van der Waals surface area contributed by atoms with E-state index in [1.54, 1.807) is 7.11 Å². The molecule has 0 spiro atoms. The molecule has 1 N–H and O–H groups in total. The molecule has 11 nitrogen and oxygen atoms in total. The summed E-state index contributed by atoms with van der Waals surface area (Å²) in [5.74, 6) is 1.38. The maximum absolute atomic E-state index is 8.00. The second-order valence-corrected chi connectivity index (χ2v) is 15.5. The van der Waals surface area contributed by atoms with Crippen LogP contribution in [0.25, 0.3) is 44.2 Å². The van der Waals surface area contributed by atoms with Gasteiger partial charge in [0.1, 0.15) is 12.5 Å². The third-order valence-corrected chi connectivity index (χ3v) is 11.6. The Bertz CT molecular complexity index is 2440. The second kappa shape index (κ2) is 19.2. The maximum atomic E-state index is 8.00. The zero-order chi connectivity index (χ0) is 42.4. The summed E-state index contributed by atoms with van der Waals surface area (Å²) in [5.41, 5.74) is 12.6. The number of nitrogens with zero attached hydrogens (tertiary/aromatic N) is 7. The molecule has 0 radical (unpaired) electrons. The number of ether oxygens (including phenoxy) is 2. The fourth-order valence-corrected chi connectivity index (χ4v) is 8.31. The Labute approximate surface area is 352 Å². The van der Waals surface area contributed by atoms with Crippen molar-refractivity contribution in [1.29, 1.82) is 0 Å². The summed E-state index contributed by atoms with van der Waals surface area (Å²) in [7, 11) is 9.69. The zero-order valence-corrected chi connectivity index (χ0v) is 37.0. The minimum absolute atomic E-state index is 0.0526. The summed E-state index contributed by atoms with van der Waals surface area (Å²) in [6.45, 7) is 18.8. The predicted octanol–water partition coefficient (Wildman–Crippen LogP) is 9.29. The first-order valence-electron chi connectivity index (χ1n) is 19.3. The number of hydrogen-bond acceptors (Lipinski definition) is 7. The van der Waals surface area contributed by atoms with Gasteiger partial charge in [0.25, 0.3) is 0 Å². The molecule has 3 aromatic heterocycles. The number of likely N-dealkylation sites (N-methyl/N-ethyl adjacent to an activating group) is 2. The number of methoxy groups -OCH3 is 1. The lowest BCUT2D eigenvalue weighted by Gasteiger charge is -2.21. The van der Waals surface area contributed by atoms with Crippen LogP contribution in [0, 0.1) is 27.7 Å². The molecule has 0 saturated heterocycles. The number of carbonyl (C=O) groups is 1. The number of aliphatic imine (C=N–C) groups is 1. The van der Waals surface area contributed by atoms with Gasteiger partial charge in [0.15, 0.2) is 5.84 Å². The minimum atomic E-state index is 0.0526.